The van der Waals surface area contributed by atoms with Gasteiger partial charge in [0.15, 0.2) is 0 Å². The molecular formula is C13H12BrN3O. The zero-order valence-corrected chi connectivity index (χ0v) is 11.2. The van der Waals surface area contributed by atoms with Crippen molar-refractivity contribution in [3.63, 3.8) is 0 Å². The molecule has 1 amide bonds. The normalized spacial score (nSPS) is 10.1. The topological polar surface area (TPSA) is 54.9 Å². The number of pyridine rings is 2. The van der Waals surface area contributed by atoms with Crippen LogP contribution >= 0.6 is 15.9 Å². The molecule has 0 radical (unpaired) electrons. The molecule has 0 saturated heterocycles. The molecule has 2 rings (SSSR count). The van der Waals surface area contributed by atoms with E-state index in [4.69, 9.17) is 0 Å². The number of carbonyl (C=O) groups is 1. The van der Waals surface area contributed by atoms with Gasteiger partial charge in [0.05, 0.1) is 0 Å². The molecule has 2 heterocycles. The van der Waals surface area contributed by atoms with Gasteiger partial charge in [0.1, 0.15) is 4.60 Å². The van der Waals surface area contributed by atoms with E-state index in [9.17, 15) is 4.79 Å². The molecule has 2 aromatic rings. The van der Waals surface area contributed by atoms with Gasteiger partial charge in [-0.2, -0.15) is 0 Å². The Labute approximate surface area is 114 Å². The standard InChI is InChI=1S/C13H12BrN3O/c14-12-9-11(4-8-16-12)13(18)17-7-3-10-1-5-15-6-2-10/h1-2,4-6,8-9H,3,7H2,(H,17,18). The van der Waals surface area contributed by atoms with Gasteiger partial charge in [-0.1, -0.05) is 0 Å². The maximum absolute atomic E-state index is 11.8. The first-order valence-electron chi connectivity index (χ1n) is 5.54. The highest BCUT2D eigenvalue weighted by atomic mass is 79.9. The van der Waals surface area contributed by atoms with Crippen molar-refractivity contribution < 1.29 is 4.79 Å². The molecule has 0 unspecified atom stereocenters. The number of hydrogen-bond acceptors (Lipinski definition) is 3. The van der Waals surface area contributed by atoms with Crippen LogP contribution in [0, 0.1) is 0 Å². The SMILES string of the molecule is O=C(NCCc1ccncc1)c1ccnc(Br)c1. The van der Waals surface area contributed by atoms with Crippen LogP contribution in [0.3, 0.4) is 0 Å². The van der Waals surface area contributed by atoms with Gasteiger partial charge in [-0.3, -0.25) is 9.78 Å². The van der Waals surface area contributed by atoms with E-state index < -0.39 is 0 Å². The molecule has 0 atom stereocenters. The first kappa shape index (κ1) is 12.7. The number of nitrogens with zero attached hydrogens (tertiary/aromatic N) is 2. The van der Waals surface area contributed by atoms with Crippen molar-refractivity contribution in [3.8, 4) is 0 Å². The number of hydrogen-bond donors (Lipinski definition) is 1. The third-order valence-corrected chi connectivity index (χ3v) is 2.87. The zero-order chi connectivity index (χ0) is 12.8. The van der Waals surface area contributed by atoms with Crippen LogP contribution in [0.1, 0.15) is 15.9 Å². The monoisotopic (exact) mass is 305 g/mol. The summed E-state index contributed by atoms with van der Waals surface area (Å²) in [5.41, 5.74) is 1.76. The molecule has 0 saturated carbocycles. The second-order valence-corrected chi connectivity index (χ2v) is 4.54. The molecule has 0 bridgehead atoms. The smallest absolute Gasteiger partial charge is 0.251 e. The summed E-state index contributed by atoms with van der Waals surface area (Å²) in [6, 6.07) is 7.26. The summed E-state index contributed by atoms with van der Waals surface area (Å²) < 4.78 is 0.657. The van der Waals surface area contributed by atoms with Crippen LogP contribution in [0.25, 0.3) is 0 Å². The lowest BCUT2D eigenvalue weighted by Crippen LogP contribution is -2.25. The van der Waals surface area contributed by atoms with Crippen molar-refractivity contribution >= 4 is 21.8 Å². The summed E-state index contributed by atoms with van der Waals surface area (Å²) in [7, 11) is 0. The summed E-state index contributed by atoms with van der Waals surface area (Å²) in [5.74, 6) is -0.0906. The van der Waals surface area contributed by atoms with Gasteiger partial charge in [0.25, 0.3) is 5.91 Å². The molecule has 0 fully saturated rings. The summed E-state index contributed by atoms with van der Waals surface area (Å²) in [6.45, 7) is 0.600. The van der Waals surface area contributed by atoms with E-state index in [1.165, 1.54) is 0 Å². The maximum Gasteiger partial charge on any atom is 0.251 e. The fraction of sp³-hybridized carbons (Fsp3) is 0.154. The third-order valence-electron chi connectivity index (χ3n) is 2.44. The van der Waals surface area contributed by atoms with Crippen LogP contribution in [0.4, 0.5) is 0 Å². The first-order chi connectivity index (χ1) is 8.75. The van der Waals surface area contributed by atoms with E-state index in [0.29, 0.717) is 16.7 Å². The summed E-state index contributed by atoms with van der Waals surface area (Å²) in [4.78, 5) is 19.7. The predicted octanol–water partition coefficient (Wildman–Crippen LogP) is 2.21. The van der Waals surface area contributed by atoms with Gasteiger partial charge in [-0.25, -0.2) is 4.98 Å². The Morgan fingerprint density at radius 2 is 2.00 bits per heavy atom. The number of aromatic nitrogens is 2. The number of halogens is 1. The minimum Gasteiger partial charge on any atom is -0.352 e. The Morgan fingerprint density at radius 3 is 2.72 bits per heavy atom. The molecule has 5 heteroatoms. The summed E-state index contributed by atoms with van der Waals surface area (Å²) in [6.07, 6.45) is 5.89. The van der Waals surface area contributed by atoms with E-state index in [1.54, 1.807) is 30.7 Å². The van der Waals surface area contributed by atoms with Crippen LogP contribution in [0.5, 0.6) is 0 Å². The van der Waals surface area contributed by atoms with Crippen LogP contribution in [0.2, 0.25) is 0 Å². The lowest BCUT2D eigenvalue weighted by Gasteiger charge is -2.05. The summed E-state index contributed by atoms with van der Waals surface area (Å²) in [5, 5.41) is 2.87. The van der Waals surface area contributed by atoms with Crippen molar-refractivity contribution in [2.75, 3.05) is 6.54 Å². The minimum atomic E-state index is -0.0906. The minimum absolute atomic E-state index is 0.0906. The molecule has 0 spiro atoms. The lowest BCUT2D eigenvalue weighted by atomic mass is 10.2. The number of rotatable bonds is 4. The van der Waals surface area contributed by atoms with Crippen molar-refractivity contribution in [1.29, 1.82) is 0 Å². The number of nitrogens with one attached hydrogen (secondary N) is 1. The molecule has 0 aliphatic heterocycles. The van der Waals surface area contributed by atoms with Gasteiger partial charge in [0, 0.05) is 30.7 Å². The fourth-order valence-corrected chi connectivity index (χ4v) is 1.88. The Kier molecular flexibility index (Phi) is 4.41. The zero-order valence-electron chi connectivity index (χ0n) is 9.64. The molecule has 4 nitrogen and oxygen atoms in total. The maximum atomic E-state index is 11.8. The van der Waals surface area contributed by atoms with Gasteiger partial charge in [-0.15, -0.1) is 0 Å². The number of carbonyl (C=O) groups excluding carboxylic acids is 1. The Bertz CT molecular complexity index is 531. The quantitative estimate of drug-likeness (QED) is 0.881. The van der Waals surface area contributed by atoms with Crippen LogP contribution < -0.4 is 5.32 Å². The van der Waals surface area contributed by atoms with E-state index >= 15 is 0 Å². The van der Waals surface area contributed by atoms with Gasteiger partial charge in [0.2, 0.25) is 0 Å². The highest BCUT2D eigenvalue weighted by Crippen LogP contribution is 2.07. The van der Waals surface area contributed by atoms with Gasteiger partial charge < -0.3 is 5.32 Å². The lowest BCUT2D eigenvalue weighted by molar-refractivity contribution is 0.0954. The Balaban J connectivity index is 1.86. The van der Waals surface area contributed by atoms with Crippen molar-refractivity contribution in [2.24, 2.45) is 0 Å². The molecule has 0 aliphatic rings. The molecule has 18 heavy (non-hydrogen) atoms. The fourth-order valence-electron chi connectivity index (χ4n) is 1.52. The van der Waals surface area contributed by atoms with Crippen LogP contribution in [0.15, 0.2) is 47.5 Å². The molecule has 0 aromatic carbocycles. The van der Waals surface area contributed by atoms with Crippen molar-refractivity contribution in [1.82, 2.24) is 15.3 Å². The van der Waals surface area contributed by atoms with Crippen molar-refractivity contribution in [3.05, 3.63) is 58.6 Å². The Morgan fingerprint density at radius 1 is 1.22 bits per heavy atom. The Hall–Kier alpha value is -1.75. The van der Waals surface area contributed by atoms with Crippen LogP contribution in [-0.4, -0.2) is 22.4 Å². The average Bonchev–Trinajstić information content (AvgIpc) is 2.40. The van der Waals surface area contributed by atoms with E-state index in [2.05, 4.69) is 31.2 Å². The predicted molar refractivity (Wildman–Crippen MR) is 72.2 cm³/mol. The van der Waals surface area contributed by atoms with Crippen molar-refractivity contribution in [2.45, 2.75) is 6.42 Å². The van der Waals surface area contributed by atoms with E-state index in [-0.39, 0.29) is 5.91 Å². The molecule has 0 aliphatic carbocycles. The second kappa shape index (κ2) is 6.26. The highest BCUT2D eigenvalue weighted by Gasteiger charge is 2.05. The van der Waals surface area contributed by atoms with Gasteiger partial charge >= 0.3 is 0 Å². The molecule has 1 N–H and O–H groups in total. The third kappa shape index (κ3) is 3.63. The molecular weight excluding hydrogens is 294 g/mol. The molecule has 92 valence electrons. The van der Waals surface area contributed by atoms with Gasteiger partial charge in [-0.05, 0) is 52.2 Å². The molecule has 2 aromatic heterocycles. The second-order valence-electron chi connectivity index (χ2n) is 3.73. The van der Waals surface area contributed by atoms with Crippen LogP contribution in [-0.2, 0) is 6.42 Å². The average molecular weight is 306 g/mol. The summed E-state index contributed by atoms with van der Waals surface area (Å²) >= 11 is 3.24. The van der Waals surface area contributed by atoms with E-state index in [0.717, 1.165) is 12.0 Å². The van der Waals surface area contributed by atoms with E-state index in [1.807, 2.05) is 12.1 Å². The first-order valence-corrected chi connectivity index (χ1v) is 6.33. The number of amides is 1. The largest absolute Gasteiger partial charge is 0.352 e. The highest BCUT2D eigenvalue weighted by molar-refractivity contribution is 9.10.